The highest BCUT2D eigenvalue weighted by molar-refractivity contribution is 7.59. The smallest absolute Gasteiger partial charge is 0.333 e. The van der Waals surface area contributed by atoms with E-state index >= 15 is 0 Å². The molecule has 1 aliphatic rings. The zero-order valence-corrected chi connectivity index (χ0v) is 13.4. The van der Waals surface area contributed by atoms with Gasteiger partial charge in [0.25, 0.3) is 0 Å². The molecule has 2 rings (SSSR count). The van der Waals surface area contributed by atoms with Crippen LogP contribution in [0.4, 0.5) is 13.2 Å². The summed E-state index contributed by atoms with van der Waals surface area (Å²) in [6.45, 7) is 4.54. The first-order chi connectivity index (χ1) is 9.41. The second-order valence-electron chi connectivity index (χ2n) is 4.31. The zero-order valence-electron chi connectivity index (χ0n) is 12.4. The Balaban J connectivity index is 0.00000128. The molecule has 1 unspecified atom stereocenters. The SMILES string of the molecule is CC.Cn1cc(C(F)(F)F)nc1C1=CCC(CN)C=C1.S. The van der Waals surface area contributed by atoms with Crippen LogP contribution in [0.1, 0.15) is 31.8 Å². The van der Waals surface area contributed by atoms with Crippen molar-refractivity contribution in [2.45, 2.75) is 26.4 Å². The van der Waals surface area contributed by atoms with Gasteiger partial charge in [-0.25, -0.2) is 4.98 Å². The van der Waals surface area contributed by atoms with Crippen LogP contribution in [0.25, 0.3) is 5.57 Å². The number of allylic oxidation sites excluding steroid dienone is 3. The van der Waals surface area contributed by atoms with Crippen LogP contribution in [-0.4, -0.2) is 16.1 Å². The summed E-state index contributed by atoms with van der Waals surface area (Å²) in [6, 6.07) is 0. The number of alkyl halides is 3. The summed E-state index contributed by atoms with van der Waals surface area (Å²) in [5, 5.41) is 0. The van der Waals surface area contributed by atoms with Crippen LogP contribution < -0.4 is 5.73 Å². The number of halogens is 3. The van der Waals surface area contributed by atoms with Gasteiger partial charge >= 0.3 is 6.18 Å². The molecular formula is C14H22F3N3S. The third-order valence-corrected chi connectivity index (χ3v) is 2.92. The summed E-state index contributed by atoms with van der Waals surface area (Å²) in [5.41, 5.74) is 5.37. The van der Waals surface area contributed by atoms with E-state index in [4.69, 9.17) is 5.73 Å². The zero-order chi connectivity index (χ0) is 15.3. The van der Waals surface area contributed by atoms with Crippen molar-refractivity contribution in [1.82, 2.24) is 9.55 Å². The molecule has 21 heavy (non-hydrogen) atoms. The highest BCUT2D eigenvalue weighted by Gasteiger charge is 2.34. The van der Waals surface area contributed by atoms with Crippen molar-refractivity contribution in [1.29, 1.82) is 0 Å². The van der Waals surface area contributed by atoms with Crippen molar-refractivity contribution in [3.8, 4) is 0 Å². The summed E-state index contributed by atoms with van der Waals surface area (Å²) < 4.78 is 39.0. The van der Waals surface area contributed by atoms with E-state index in [1.165, 1.54) is 4.57 Å². The molecule has 1 aromatic rings. The molecule has 2 N–H and O–H groups in total. The molecule has 0 aliphatic heterocycles. The van der Waals surface area contributed by atoms with Crippen LogP contribution in [0.15, 0.2) is 24.4 Å². The first kappa shape index (κ1) is 19.8. The number of aryl methyl sites for hydroxylation is 1. The standard InChI is InChI=1S/C12H14F3N3.C2H6.H2S/c1-18-7-10(12(13,14)15)17-11(18)9-4-2-8(6-16)3-5-9;1-2;/h2,4-5,7-8H,3,6,16H2,1H3;1-2H3;1H2. The van der Waals surface area contributed by atoms with Gasteiger partial charge in [-0.1, -0.05) is 32.1 Å². The van der Waals surface area contributed by atoms with Gasteiger partial charge in [-0.3, -0.25) is 0 Å². The second-order valence-corrected chi connectivity index (χ2v) is 4.31. The summed E-state index contributed by atoms with van der Waals surface area (Å²) in [4.78, 5) is 3.64. The van der Waals surface area contributed by atoms with Crippen molar-refractivity contribution in [2.24, 2.45) is 18.7 Å². The number of nitrogens with two attached hydrogens (primary N) is 1. The molecule has 1 aliphatic carbocycles. The van der Waals surface area contributed by atoms with Crippen molar-refractivity contribution < 1.29 is 13.2 Å². The molecule has 0 saturated heterocycles. The fourth-order valence-electron chi connectivity index (χ4n) is 1.88. The van der Waals surface area contributed by atoms with Crippen molar-refractivity contribution in [3.05, 3.63) is 35.9 Å². The van der Waals surface area contributed by atoms with Crippen molar-refractivity contribution >= 4 is 19.1 Å². The molecule has 120 valence electrons. The van der Waals surface area contributed by atoms with Gasteiger partial charge in [0, 0.05) is 18.8 Å². The Hall–Kier alpha value is -1.21. The van der Waals surface area contributed by atoms with E-state index in [9.17, 15) is 13.2 Å². The summed E-state index contributed by atoms with van der Waals surface area (Å²) in [5.74, 6) is 0.588. The molecule has 7 heteroatoms. The monoisotopic (exact) mass is 321 g/mol. The van der Waals surface area contributed by atoms with E-state index in [2.05, 4.69) is 4.98 Å². The Morgan fingerprint density at radius 1 is 1.38 bits per heavy atom. The predicted molar refractivity (Wildman–Crippen MR) is 84.2 cm³/mol. The van der Waals surface area contributed by atoms with Gasteiger partial charge in [-0.05, 0) is 18.9 Å². The van der Waals surface area contributed by atoms with Gasteiger partial charge < -0.3 is 10.3 Å². The van der Waals surface area contributed by atoms with Crippen LogP contribution >= 0.6 is 13.5 Å². The predicted octanol–water partition coefficient (Wildman–Crippen LogP) is 3.50. The molecule has 0 amide bonds. The van der Waals surface area contributed by atoms with Gasteiger partial charge in [0.05, 0.1) is 0 Å². The Morgan fingerprint density at radius 2 is 2.00 bits per heavy atom. The molecule has 0 fully saturated rings. The molecule has 0 radical (unpaired) electrons. The Kier molecular flexibility index (Phi) is 7.81. The van der Waals surface area contributed by atoms with Crippen LogP contribution in [-0.2, 0) is 13.2 Å². The maximum atomic E-state index is 12.5. The minimum atomic E-state index is -4.41. The third-order valence-electron chi connectivity index (χ3n) is 2.92. The highest BCUT2D eigenvalue weighted by atomic mass is 32.1. The molecular weight excluding hydrogens is 299 g/mol. The van der Waals surface area contributed by atoms with Crippen LogP contribution in [0.5, 0.6) is 0 Å². The maximum Gasteiger partial charge on any atom is 0.434 e. The van der Waals surface area contributed by atoms with E-state index in [0.717, 1.165) is 12.6 Å². The molecule has 3 nitrogen and oxygen atoms in total. The Morgan fingerprint density at radius 3 is 2.38 bits per heavy atom. The first-order valence-electron chi connectivity index (χ1n) is 6.61. The molecule has 0 aromatic carbocycles. The van der Waals surface area contributed by atoms with Crippen LogP contribution in [0.2, 0.25) is 0 Å². The minimum Gasteiger partial charge on any atom is -0.333 e. The van der Waals surface area contributed by atoms with Gasteiger partial charge in [0.1, 0.15) is 5.82 Å². The van der Waals surface area contributed by atoms with Gasteiger partial charge in [-0.2, -0.15) is 26.7 Å². The lowest BCUT2D eigenvalue weighted by atomic mass is 9.96. The van der Waals surface area contributed by atoms with E-state index < -0.39 is 11.9 Å². The fourth-order valence-corrected chi connectivity index (χ4v) is 1.88. The lowest BCUT2D eigenvalue weighted by Crippen LogP contribution is -2.13. The van der Waals surface area contributed by atoms with Crippen LogP contribution in [0, 0.1) is 5.92 Å². The van der Waals surface area contributed by atoms with Crippen molar-refractivity contribution in [2.75, 3.05) is 6.54 Å². The van der Waals surface area contributed by atoms with E-state index in [-0.39, 0.29) is 19.4 Å². The number of nitrogens with zero attached hydrogens (tertiary/aromatic N) is 2. The molecule has 1 heterocycles. The summed E-state index contributed by atoms with van der Waals surface area (Å²) in [7, 11) is 1.56. The maximum absolute atomic E-state index is 12.5. The molecule has 0 bridgehead atoms. The number of rotatable bonds is 2. The quantitative estimate of drug-likeness (QED) is 0.906. The van der Waals surface area contributed by atoms with Crippen LogP contribution in [0.3, 0.4) is 0 Å². The van der Waals surface area contributed by atoms with E-state index in [1.807, 2.05) is 26.0 Å². The fraction of sp³-hybridized carbons (Fsp3) is 0.500. The number of hydrogen-bond donors (Lipinski definition) is 1. The molecule has 0 saturated carbocycles. The average molecular weight is 321 g/mol. The Labute approximate surface area is 130 Å². The number of imidazole rings is 1. The topological polar surface area (TPSA) is 43.8 Å². The molecule has 1 atom stereocenters. The summed E-state index contributed by atoms with van der Waals surface area (Å²) >= 11 is 0. The first-order valence-corrected chi connectivity index (χ1v) is 6.61. The molecule has 1 aromatic heterocycles. The minimum absolute atomic E-state index is 0. The molecule has 0 spiro atoms. The second kappa shape index (κ2) is 8.29. The normalized spacial score (nSPS) is 17.5. The van der Waals surface area contributed by atoms with Gasteiger partial charge in [0.2, 0.25) is 0 Å². The third kappa shape index (κ3) is 4.93. The van der Waals surface area contributed by atoms with Crippen molar-refractivity contribution in [3.63, 3.8) is 0 Å². The Bertz CT molecular complexity index is 504. The number of aromatic nitrogens is 2. The van der Waals surface area contributed by atoms with E-state index in [0.29, 0.717) is 17.9 Å². The van der Waals surface area contributed by atoms with Gasteiger partial charge in [-0.15, -0.1) is 0 Å². The largest absolute Gasteiger partial charge is 0.434 e. The lowest BCUT2D eigenvalue weighted by Gasteiger charge is -2.13. The average Bonchev–Trinajstić information content (AvgIpc) is 2.83. The number of hydrogen-bond acceptors (Lipinski definition) is 2. The lowest BCUT2D eigenvalue weighted by molar-refractivity contribution is -0.141. The highest BCUT2D eigenvalue weighted by Crippen LogP contribution is 2.30. The van der Waals surface area contributed by atoms with E-state index in [1.54, 1.807) is 13.1 Å². The summed E-state index contributed by atoms with van der Waals surface area (Å²) in [6.07, 6.45) is 2.89. The van der Waals surface area contributed by atoms with Gasteiger partial charge in [0.15, 0.2) is 5.69 Å².